The first-order chi connectivity index (χ1) is 10.1. The minimum atomic E-state index is 0.489. The van der Waals surface area contributed by atoms with Gasteiger partial charge < -0.3 is 10.1 Å². The summed E-state index contributed by atoms with van der Waals surface area (Å²) >= 11 is 7.11. The summed E-state index contributed by atoms with van der Waals surface area (Å²) in [6.45, 7) is 3.35. The van der Waals surface area contributed by atoms with Crippen molar-refractivity contribution in [1.82, 2.24) is 15.1 Å². The van der Waals surface area contributed by atoms with E-state index in [1.165, 1.54) is 0 Å². The number of halogens is 2. The first kappa shape index (κ1) is 16.5. The lowest BCUT2D eigenvalue weighted by atomic mass is 10.2. The van der Waals surface area contributed by atoms with Crippen molar-refractivity contribution < 1.29 is 4.74 Å². The highest BCUT2D eigenvalue weighted by Gasteiger charge is 2.14. The molecule has 0 unspecified atom stereocenters. The summed E-state index contributed by atoms with van der Waals surface area (Å²) in [4.78, 5) is 0. The van der Waals surface area contributed by atoms with Gasteiger partial charge in [0.15, 0.2) is 0 Å². The average Bonchev–Trinajstić information content (AvgIpc) is 2.73. The summed E-state index contributed by atoms with van der Waals surface area (Å²) in [5.41, 5.74) is 3.23. The molecule has 0 radical (unpaired) electrons. The summed E-state index contributed by atoms with van der Waals surface area (Å²) in [5, 5.41) is 7.64. The Morgan fingerprint density at radius 3 is 2.71 bits per heavy atom. The van der Waals surface area contributed by atoms with Crippen LogP contribution in [0, 0.1) is 0 Å². The van der Waals surface area contributed by atoms with Crippen molar-refractivity contribution in [2.24, 2.45) is 7.05 Å². The number of nitrogens with one attached hydrogen (secondary N) is 1. The van der Waals surface area contributed by atoms with E-state index in [0.29, 0.717) is 6.61 Å². The molecule has 1 heterocycles. The first-order valence-electron chi connectivity index (χ1n) is 6.82. The molecule has 0 aliphatic heterocycles. The van der Waals surface area contributed by atoms with Crippen molar-refractivity contribution in [2.45, 2.75) is 26.5 Å². The number of ether oxygens (including phenoxy) is 1. The fourth-order valence-electron chi connectivity index (χ4n) is 2.14. The van der Waals surface area contributed by atoms with E-state index in [0.717, 1.165) is 44.6 Å². The minimum Gasteiger partial charge on any atom is -0.487 e. The monoisotopic (exact) mass is 415 g/mol. The highest BCUT2D eigenvalue weighted by Crippen LogP contribution is 2.26. The molecule has 1 N–H and O–H groups in total. The van der Waals surface area contributed by atoms with Gasteiger partial charge in [-0.1, -0.05) is 22.9 Å². The van der Waals surface area contributed by atoms with Crippen LogP contribution in [0.15, 0.2) is 27.1 Å². The standard InChI is InChI=1S/C15H19Br2N3O/c1-4-12-15(17)13(20(3)19-12)9-21-14-6-5-11(16)7-10(14)8-18-2/h5-7,18H,4,8-9H2,1-3H3. The van der Waals surface area contributed by atoms with Gasteiger partial charge in [-0.25, -0.2) is 0 Å². The summed E-state index contributed by atoms with van der Waals surface area (Å²) < 4.78 is 9.97. The Morgan fingerprint density at radius 2 is 2.10 bits per heavy atom. The Balaban J connectivity index is 2.18. The molecule has 114 valence electrons. The lowest BCUT2D eigenvalue weighted by molar-refractivity contribution is 0.290. The van der Waals surface area contributed by atoms with Crippen LogP contribution < -0.4 is 10.1 Å². The van der Waals surface area contributed by atoms with E-state index in [1.54, 1.807) is 0 Å². The Hall–Kier alpha value is -0.850. The van der Waals surface area contributed by atoms with Gasteiger partial charge in [-0.05, 0) is 47.6 Å². The number of hydrogen-bond acceptors (Lipinski definition) is 3. The lowest BCUT2D eigenvalue weighted by Crippen LogP contribution is -2.09. The molecule has 2 rings (SSSR count). The maximum atomic E-state index is 6.00. The lowest BCUT2D eigenvalue weighted by Gasteiger charge is -2.12. The van der Waals surface area contributed by atoms with Gasteiger partial charge in [0.05, 0.1) is 15.9 Å². The molecule has 2 aromatic rings. The van der Waals surface area contributed by atoms with Crippen LogP contribution in [-0.2, 0) is 26.6 Å². The number of aromatic nitrogens is 2. The molecule has 0 bridgehead atoms. The van der Waals surface area contributed by atoms with E-state index in [1.807, 2.05) is 30.9 Å². The van der Waals surface area contributed by atoms with Crippen molar-refractivity contribution in [3.63, 3.8) is 0 Å². The molecular formula is C15H19Br2N3O. The van der Waals surface area contributed by atoms with Gasteiger partial charge in [0.2, 0.25) is 0 Å². The van der Waals surface area contributed by atoms with Crippen molar-refractivity contribution in [1.29, 1.82) is 0 Å². The maximum Gasteiger partial charge on any atom is 0.131 e. The summed E-state index contributed by atoms with van der Waals surface area (Å²) in [6, 6.07) is 6.05. The SMILES string of the molecule is CCc1nn(C)c(COc2ccc(Br)cc2CNC)c1Br. The Bertz CT molecular complexity index is 626. The van der Waals surface area contributed by atoms with Crippen LogP contribution in [0.1, 0.15) is 23.9 Å². The highest BCUT2D eigenvalue weighted by molar-refractivity contribution is 9.10. The number of aryl methyl sites for hydroxylation is 2. The van der Waals surface area contributed by atoms with Gasteiger partial charge in [-0.3, -0.25) is 4.68 Å². The second kappa shape index (κ2) is 7.42. The maximum absolute atomic E-state index is 6.00. The van der Waals surface area contributed by atoms with Gasteiger partial charge in [0.1, 0.15) is 12.4 Å². The van der Waals surface area contributed by atoms with Crippen molar-refractivity contribution in [3.05, 3.63) is 44.1 Å². The molecule has 0 aliphatic carbocycles. The van der Waals surface area contributed by atoms with E-state index in [-0.39, 0.29) is 0 Å². The Kier molecular flexibility index (Phi) is 5.84. The molecule has 6 heteroatoms. The number of benzene rings is 1. The van der Waals surface area contributed by atoms with Crippen LogP contribution in [0.3, 0.4) is 0 Å². The molecule has 0 aliphatic rings. The summed E-state index contributed by atoms with van der Waals surface area (Å²) in [5.74, 6) is 0.888. The Morgan fingerprint density at radius 1 is 1.33 bits per heavy atom. The van der Waals surface area contributed by atoms with Crippen LogP contribution in [0.4, 0.5) is 0 Å². The van der Waals surface area contributed by atoms with Crippen LogP contribution in [0.25, 0.3) is 0 Å². The summed E-state index contributed by atoms with van der Waals surface area (Å²) in [7, 11) is 3.87. The van der Waals surface area contributed by atoms with Gasteiger partial charge in [-0.15, -0.1) is 0 Å². The predicted molar refractivity (Wildman–Crippen MR) is 91.5 cm³/mol. The van der Waals surface area contributed by atoms with Crippen LogP contribution in [-0.4, -0.2) is 16.8 Å². The zero-order valence-electron chi connectivity index (χ0n) is 12.4. The molecule has 1 aromatic heterocycles. The minimum absolute atomic E-state index is 0.489. The normalized spacial score (nSPS) is 10.9. The third-order valence-electron chi connectivity index (χ3n) is 3.26. The van der Waals surface area contributed by atoms with E-state index < -0.39 is 0 Å². The smallest absolute Gasteiger partial charge is 0.131 e. The second-order valence-corrected chi connectivity index (χ2v) is 6.46. The Labute approximate surface area is 142 Å². The van der Waals surface area contributed by atoms with Gasteiger partial charge in [0, 0.05) is 23.6 Å². The molecule has 4 nitrogen and oxygen atoms in total. The number of nitrogens with zero attached hydrogens (tertiary/aromatic N) is 2. The van der Waals surface area contributed by atoms with Crippen molar-refractivity contribution in [3.8, 4) is 5.75 Å². The zero-order chi connectivity index (χ0) is 15.4. The molecular weight excluding hydrogens is 398 g/mol. The fraction of sp³-hybridized carbons (Fsp3) is 0.400. The highest BCUT2D eigenvalue weighted by atomic mass is 79.9. The van der Waals surface area contributed by atoms with Crippen molar-refractivity contribution >= 4 is 31.9 Å². The van der Waals surface area contributed by atoms with E-state index in [9.17, 15) is 0 Å². The molecule has 0 saturated heterocycles. The van der Waals surface area contributed by atoms with Crippen LogP contribution in [0.5, 0.6) is 5.75 Å². The van der Waals surface area contributed by atoms with Gasteiger partial charge in [-0.2, -0.15) is 5.10 Å². The third-order valence-corrected chi connectivity index (χ3v) is 4.67. The van der Waals surface area contributed by atoms with E-state index in [4.69, 9.17) is 4.74 Å². The first-order valence-corrected chi connectivity index (χ1v) is 8.41. The van der Waals surface area contributed by atoms with Crippen LogP contribution >= 0.6 is 31.9 Å². The molecule has 0 atom stereocenters. The summed E-state index contributed by atoms with van der Waals surface area (Å²) in [6.07, 6.45) is 0.901. The second-order valence-electron chi connectivity index (χ2n) is 4.76. The molecule has 0 saturated carbocycles. The fourth-order valence-corrected chi connectivity index (χ4v) is 3.28. The number of rotatable bonds is 6. The predicted octanol–water partition coefficient (Wildman–Crippen LogP) is 3.81. The molecule has 0 fully saturated rings. The topological polar surface area (TPSA) is 39.1 Å². The largest absolute Gasteiger partial charge is 0.487 e. The van der Waals surface area contributed by atoms with Gasteiger partial charge >= 0.3 is 0 Å². The zero-order valence-corrected chi connectivity index (χ0v) is 15.6. The van der Waals surface area contributed by atoms with Crippen LogP contribution in [0.2, 0.25) is 0 Å². The third kappa shape index (κ3) is 3.87. The van der Waals surface area contributed by atoms with Crippen molar-refractivity contribution in [2.75, 3.05) is 7.05 Å². The van der Waals surface area contributed by atoms with E-state index in [2.05, 4.69) is 55.3 Å². The number of hydrogen-bond donors (Lipinski definition) is 1. The average molecular weight is 417 g/mol. The van der Waals surface area contributed by atoms with Gasteiger partial charge in [0.25, 0.3) is 0 Å². The quantitative estimate of drug-likeness (QED) is 0.778. The van der Waals surface area contributed by atoms with E-state index >= 15 is 0 Å². The molecule has 0 amide bonds. The molecule has 0 spiro atoms. The molecule has 1 aromatic carbocycles. The molecule has 21 heavy (non-hydrogen) atoms.